The molecule has 0 atom stereocenters. The average Bonchev–Trinajstić information content (AvgIpc) is 2.93. The molecule has 2 aromatic rings. The van der Waals surface area contributed by atoms with Crippen molar-refractivity contribution in [2.24, 2.45) is 5.73 Å². The summed E-state index contributed by atoms with van der Waals surface area (Å²) in [7, 11) is 1.66. The van der Waals surface area contributed by atoms with Crippen LogP contribution in [0.2, 0.25) is 0 Å². The van der Waals surface area contributed by atoms with Gasteiger partial charge in [-0.2, -0.15) is 0 Å². The van der Waals surface area contributed by atoms with Gasteiger partial charge in [-0.25, -0.2) is 0 Å². The summed E-state index contributed by atoms with van der Waals surface area (Å²) in [6.07, 6.45) is 4.25. The summed E-state index contributed by atoms with van der Waals surface area (Å²) in [6, 6.07) is 8.00. The Kier molecular flexibility index (Phi) is 2.37. The van der Waals surface area contributed by atoms with E-state index in [9.17, 15) is 0 Å². The summed E-state index contributed by atoms with van der Waals surface area (Å²) in [6.45, 7) is 0. The lowest BCUT2D eigenvalue weighted by atomic mass is 10.1. The van der Waals surface area contributed by atoms with Crippen LogP contribution in [0.25, 0.3) is 11.0 Å². The van der Waals surface area contributed by atoms with Crippen molar-refractivity contribution in [3.63, 3.8) is 0 Å². The molecule has 0 unspecified atom stereocenters. The van der Waals surface area contributed by atoms with E-state index in [0.29, 0.717) is 0 Å². The summed E-state index contributed by atoms with van der Waals surface area (Å²) in [4.78, 5) is 0. The monoisotopic (exact) mass is 231 g/mol. The van der Waals surface area contributed by atoms with E-state index in [1.807, 2.05) is 18.2 Å². The van der Waals surface area contributed by atoms with Crippen LogP contribution in [0.1, 0.15) is 25.0 Å². The van der Waals surface area contributed by atoms with Gasteiger partial charge in [0, 0.05) is 23.4 Å². The third-order valence-electron chi connectivity index (χ3n) is 3.54. The highest BCUT2D eigenvalue weighted by atomic mass is 16.5. The van der Waals surface area contributed by atoms with Crippen molar-refractivity contribution >= 4 is 11.0 Å². The van der Waals surface area contributed by atoms with E-state index in [1.54, 1.807) is 7.11 Å². The number of aryl methyl sites for hydroxylation is 1. The Hall–Kier alpha value is -1.48. The van der Waals surface area contributed by atoms with Crippen LogP contribution in [-0.2, 0) is 6.42 Å². The Balaban J connectivity index is 1.80. The molecule has 1 aromatic carbocycles. The average molecular weight is 231 g/mol. The van der Waals surface area contributed by atoms with Gasteiger partial charge in [0.25, 0.3) is 0 Å². The molecule has 0 amide bonds. The number of fused-ring (bicyclic) bond motifs is 1. The molecule has 0 saturated heterocycles. The number of hydrogen-bond donors (Lipinski definition) is 1. The quantitative estimate of drug-likeness (QED) is 0.880. The fourth-order valence-electron chi connectivity index (χ4n) is 2.10. The van der Waals surface area contributed by atoms with Gasteiger partial charge in [-0.1, -0.05) is 0 Å². The summed E-state index contributed by atoms with van der Waals surface area (Å²) in [5.41, 5.74) is 7.06. The van der Waals surface area contributed by atoms with Crippen molar-refractivity contribution in [2.75, 3.05) is 7.11 Å². The topological polar surface area (TPSA) is 48.4 Å². The second-order valence-electron chi connectivity index (χ2n) is 4.98. The zero-order valence-electron chi connectivity index (χ0n) is 10.0. The van der Waals surface area contributed by atoms with Gasteiger partial charge in [0.15, 0.2) is 0 Å². The Morgan fingerprint density at radius 1 is 1.35 bits per heavy atom. The summed E-state index contributed by atoms with van der Waals surface area (Å²) in [5.74, 6) is 1.85. The van der Waals surface area contributed by atoms with E-state index in [1.165, 1.54) is 0 Å². The molecule has 90 valence electrons. The molecule has 2 N–H and O–H groups in total. The first kappa shape index (κ1) is 10.7. The largest absolute Gasteiger partial charge is 0.497 e. The molecule has 17 heavy (non-hydrogen) atoms. The first-order valence-electron chi connectivity index (χ1n) is 6.04. The lowest BCUT2D eigenvalue weighted by Crippen LogP contribution is -2.21. The van der Waals surface area contributed by atoms with Crippen LogP contribution >= 0.6 is 0 Å². The molecule has 0 radical (unpaired) electrons. The van der Waals surface area contributed by atoms with Gasteiger partial charge >= 0.3 is 0 Å². The molecule has 3 nitrogen and oxygen atoms in total. The standard InChI is InChI=1S/C14H17NO2/c1-16-11-3-2-10-8-12(17-13(10)9-11)4-5-14(15)6-7-14/h2-3,8-9H,4-7,15H2,1H3. The lowest BCUT2D eigenvalue weighted by Gasteiger charge is -2.04. The van der Waals surface area contributed by atoms with Crippen molar-refractivity contribution in [2.45, 2.75) is 31.2 Å². The van der Waals surface area contributed by atoms with E-state index >= 15 is 0 Å². The molecule has 1 aliphatic carbocycles. The molecule has 1 aromatic heterocycles. The molecule has 1 aliphatic rings. The highest BCUT2D eigenvalue weighted by molar-refractivity contribution is 5.79. The molecule has 3 rings (SSSR count). The van der Waals surface area contributed by atoms with Crippen LogP contribution < -0.4 is 10.5 Å². The van der Waals surface area contributed by atoms with E-state index < -0.39 is 0 Å². The van der Waals surface area contributed by atoms with Crippen molar-refractivity contribution in [1.29, 1.82) is 0 Å². The maximum absolute atomic E-state index is 6.07. The van der Waals surface area contributed by atoms with Gasteiger partial charge in [0.05, 0.1) is 7.11 Å². The molecular formula is C14H17NO2. The summed E-state index contributed by atoms with van der Waals surface area (Å²) >= 11 is 0. The predicted octanol–water partition coefficient (Wildman–Crippen LogP) is 2.87. The molecule has 1 fully saturated rings. The number of nitrogens with two attached hydrogens (primary N) is 1. The highest BCUT2D eigenvalue weighted by Gasteiger charge is 2.37. The minimum absolute atomic E-state index is 0.0939. The zero-order chi connectivity index (χ0) is 11.9. The molecular weight excluding hydrogens is 214 g/mol. The van der Waals surface area contributed by atoms with Crippen molar-refractivity contribution < 1.29 is 9.15 Å². The molecule has 3 heteroatoms. The van der Waals surface area contributed by atoms with Gasteiger partial charge in [-0.15, -0.1) is 0 Å². The molecule has 1 saturated carbocycles. The van der Waals surface area contributed by atoms with E-state index in [4.69, 9.17) is 14.9 Å². The van der Waals surface area contributed by atoms with Gasteiger partial charge < -0.3 is 14.9 Å². The normalized spacial score (nSPS) is 17.3. The first-order valence-corrected chi connectivity index (χ1v) is 6.04. The van der Waals surface area contributed by atoms with Crippen molar-refractivity contribution in [1.82, 2.24) is 0 Å². The highest BCUT2D eigenvalue weighted by Crippen LogP contribution is 2.37. The van der Waals surface area contributed by atoms with E-state index in [-0.39, 0.29) is 5.54 Å². The number of furan rings is 1. The van der Waals surface area contributed by atoms with Crippen molar-refractivity contribution in [3.8, 4) is 5.75 Å². The first-order chi connectivity index (χ1) is 8.18. The van der Waals surface area contributed by atoms with Gasteiger partial charge in [0.2, 0.25) is 0 Å². The Bertz CT molecular complexity index is 540. The number of methoxy groups -OCH3 is 1. The summed E-state index contributed by atoms with van der Waals surface area (Å²) < 4.78 is 11.0. The molecule has 0 spiro atoms. The lowest BCUT2D eigenvalue weighted by molar-refractivity contribution is 0.414. The maximum Gasteiger partial charge on any atom is 0.137 e. The van der Waals surface area contributed by atoms with Crippen LogP contribution in [0.3, 0.4) is 0 Å². The van der Waals surface area contributed by atoms with Crippen molar-refractivity contribution in [3.05, 3.63) is 30.0 Å². The Morgan fingerprint density at radius 3 is 2.88 bits per heavy atom. The third-order valence-corrected chi connectivity index (χ3v) is 3.54. The SMILES string of the molecule is COc1ccc2cc(CCC3(N)CC3)oc2c1. The number of hydrogen-bond acceptors (Lipinski definition) is 3. The van der Waals surface area contributed by atoms with E-state index in [2.05, 4.69) is 6.07 Å². The Labute approximate surface area is 101 Å². The second-order valence-corrected chi connectivity index (χ2v) is 4.98. The van der Waals surface area contributed by atoms with Crippen LogP contribution in [0.4, 0.5) is 0 Å². The number of benzene rings is 1. The fourth-order valence-corrected chi connectivity index (χ4v) is 2.10. The van der Waals surface area contributed by atoms with Gasteiger partial charge in [0.1, 0.15) is 17.1 Å². The fraction of sp³-hybridized carbons (Fsp3) is 0.429. The number of ether oxygens (including phenoxy) is 1. The van der Waals surface area contributed by atoms with E-state index in [0.717, 1.165) is 48.2 Å². The smallest absolute Gasteiger partial charge is 0.137 e. The third kappa shape index (κ3) is 2.15. The van der Waals surface area contributed by atoms with Crippen LogP contribution in [0, 0.1) is 0 Å². The van der Waals surface area contributed by atoms with Gasteiger partial charge in [-0.05, 0) is 37.5 Å². The zero-order valence-corrected chi connectivity index (χ0v) is 10.0. The van der Waals surface area contributed by atoms with Crippen LogP contribution in [0.5, 0.6) is 5.75 Å². The van der Waals surface area contributed by atoms with Gasteiger partial charge in [-0.3, -0.25) is 0 Å². The Morgan fingerprint density at radius 2 is 2.18 bits per heavy atom. The van der Waals surface area contributed by atoms with Crippen LogP contribution in [-0.4, -0.2) is 12.6 Å². The minimum Gasteiger partial charge on any atom is -0.497 e. The van der Waals surface area contributed by atoms with Crippen LogP contribution in [0.15, 0.2) is 28.7 Å². The molecule has 0 aliphatic heterocycles. The maximum atomic E-state index is 6.07. The minimum atomic E-state index is 0.0939. The number of rotatable bonds is 4. The molecule has 1 heterocycles. The molecule has 0 bridgehead atoms. The predicted molar refractivity (Wildman–Crippen MR) is 67.2 cm³/mol. The second kappa shape index (κ2) is 3.77. The summed E-state index contributed by atoms with van der Waals surface area (Å²) in [5, 5.41) is 1.13.